The number of hydrogen-bond acceptors (Lipinski definition) is 7. The molecule has 0 radical (unpaired) electrons. The third-order valence-corrected chi connectivity index (χ3v) is 5.50. The summed E-state index contributed by atoms with van der Waals surface area (Å²) in [4.78, 5) is 2.14. The minimum absolute atomic E-state index is 0.0629. The smallest absolute Gasteiger partial charge is 0.227 e. The lowest BCUT2D eigenvalue weighted by molar-refractivity contribution is -0.0122. The first-order valence-electron chi connectivity index (χ1n) is 11.9. The van der Waals surface area contributed by atoms with Crippen molar-refractivity contribution in [2.45, 2.75) is 39.5 Å². The SMILES string of the molecule is COCCN(Cc1c(C)nn(-c2ccccc2)c1Oc1ccc(OC)cc1)CC(O)COC(C)C. The fraction of sp³-hybridized carbons (Fsp3) is 0.444. The van der Waals surface area contributed by atoms with Crippen LogP contribution in [0, 0.1) is 6.92 Å². The zero-order valence-electron chi connectivity index (χ0n) is 21.3. The minimum Gasteiger partial charge on any atom is -0.497 e. The largest absolute Gasteiger partial charge is 0.497 e. The standard InChI is InChI=1S/C27H37N3O5/c1-20(2)34-19-23(31)17-29(15-16-32-4)18-26-21(3)28-30(22-9-7-6-8-10-22)27(26)35-25-13-11-24(33-5)12-14-25/h6-14,20,23,31H,15-19H2,1-5H3. The van der Waals surface area contributed by atoms with Gasteiger partial charge in [-0.1, -0.05) is 18.2 Å². The summed E-state index contributed by atoms with van der Waals surface area (Å²) in [6.07, 6.45) is -0.558. The average Bonchev–Trinajstić information content (AvgIpc) is 3.16. The quantitative estimate of drug-likeness (QED) is 0.368. The lowest BCUT2D eigenvalue weighted by Gasteiger charge is -2.25. The third-order valence-electron chi connectivity index (χ3n) is 5.50. The van der Waals surface area contributed by atoms with Crippen molar-refractivity contribution in [1.82, 2.24) is 14.7 Å². The molecule has 3 rings (SSSR count). The lowest BCUT2D eigenvalue weighted by atomic mass is 10.2. The van der Waals surface area contributed by atoms with Crippen molar-refractivity contribution in [2.75, 3.05) is 40.5 Å². The lowest BCUT2D eigenvalue weighted by Crippen LogP contribution is -2.37. The maximum Gasteiger partial charge on any atom is 0.227 e. The van der Waals surface area contributed by atoms with Gasteiger partial charge in [-0.3, -0.25) is 4.90 Å². The Balaban J connectivity index is 1.92. The van der Waals surface area contributed by atoms with E-state index in [1.165, 1.54) is 0 Å². The summed E-state index contributed by atoms with van der Waals surface area (Å²) in [5, 5.41) is 15.4. The molecule has 1 aromatic heterocycles. The Bertz CT molecular complexity index is 1020. The van der Waals surface area contributed by atoms with Gasteiger partial charge in [-0.25, -0.2) is 4.68 Å². The molecule has 0 saturated carbocycles. The van der Waals surface area contributed by atoms with E-state index in [0.717, 1.165) is 22.7 Å². The molecule has 35 heavy (non-hydrogen) atoms. The fourth-order valence-corrected chi connectivity index (χ4v) is 3.66. The summed E-state index contributed by atoms with van der Waals surface area (Å²) in [5.74, 6) is 2.07. The molecule has 0 bridgehead atoms. The summed E-state index contributed by atoms with van der Waals surface area (Å²) in [6.45, 7) is 8.33. The maximum absolute atomic E-state index is 10.6. The highest BCUT2D eigenvalue weighted by molar-refractivity contribution is 5.44. The van der Waals surface area contributed by atoms with Crippen LogP contribution in [0.2, 0.25) is 0 Å². The summed E-state index contributed by atoms with van der Waals surface area (Å²) in [5.41, 5.74) is 2.70. The molecule has 0 saturated heterocycles. The van der Waals surface area contributed by atoms with Gasteiger partial charge in [0.15, 0.2) is 0 Å². The van der Waals surface area contributed by atoms with E-state index in [1.807, 2.05) is 80.1 Å². The number of ether oxygens (including phenoxy) is 4. The molecule has 190 valence electrons. The number of methoxy groups -OCH3 is 2. The Morgan fingerprint density at radius 1 is 1.00 bits per heavy atom. The van der Waals surface area contributed by atoms with E-state index in [-0.39, 0.29) is 12.7 Å². The zero-order chi connectivity index (χ0) is 25.2. The first-order chi connectivity index (χ1) is 16.9. The molecule has 1 N–H and O–H groups in total. The van der Waals surface area contributed by atoms with Gasteiger partial charge in [0.2, 0.25) is 5.88 Å². The number of nitrogens with zero attached hydrogens (tertiary/aromatic N) is 3. The Labute approximate surface area is 208 Å². The van der Waals surface area contributed by atoms with E-state index in [0.29, 0.717) is 37.9 Å². The van der Waals surface area contributed by atoms with E-state index < -0.39 is 6.10 Å². The highest BCUT2D eigenvalue weighted by Gasteiger charge is 2.23. The highest BCUT2D eigenvalue weighted by Crippen LogP contribution is 2.32. The molecule has 1 atom stereocenters. The normalized spacial score (nSPS) is 12.3. The zero-order valence-corrected chi connectivity index (χ0v) is 21.3. The Morgan fingerprint density at radius 3 is 2.31 bits per heavy atom. The van der Waals surface area contributed by atoms with Crippen LogP contribution in [0.4, 0.5) is 0 Å². The highest BCUT2D eigenvalue weighted by atomic mass is 16.5. The first-order valence-corrected chi connectivity index (χ1v) is 11.9. The molecule has 2 aromatic carbocycles. The number of aromatic nitrogens is 2. The molecular formula is C27H37N3O5. The molecule has 0 aliphatic heterocycles. The van der Waals surface area contributed by atoms with Crippen molar-refractivity contribution in [3.8, 4) is 23.1 Å². The molecule has 8 heteroatoms. The van der Waals surface area contributed by atoms with Crippen LogP contribution in [-0.2, 0) is 16.0 Å². The van der Waals surface area contributed by atoms with Gasteiger partial charge in [-0.05, 0) is 57.2 Å². The average molecular weight is 484 g/mol. The predicted molar refractivity (Wildman–Crippen MR) is 136 cm³/mol. The molecule has 0 aliphatic rings. The second kappa shape index (κ2) is 13.3. The van der Waals surface area contributed by atoms with E-state index >= 15 is 0 Å². The molecule has 8 nitrogen and oxygen atoms in total. The first kappa shape index (κ1) is 26.7. The number of para-hydroxylation sites is 1. The van der Waals surface area contributed by atoms with Crippen LogP contribution in [0.1, 0.15) is 25.1 Å². The van der Waals surface area contributed by atoms with Gasteiger partial charge in [-0.15, -0.1) is 0 Å². The van der Waals surface area contributed by atoms with Crippen LogP contribution in [0.5, 0.6) is 17.4 Å². The van der Waals surface area contributed by atoms with Gasteiger partial charge in [-0.2, -0.15) is 5.10 Å². The summed E-state index contributed by atoms with van der Waals surface area (Å²) >= 11 is 0. The number of aliphatic hydroxyl groups excluding tert-OH is 1. The van der Waals surface area contributed by atoms with Gasteiger partial charge in [0.1, 0.15) is 11.5 Å². The molecule has 1 unspecified atom stereocenters. The van der Waals surface area contributed by atoms with E-state index in [1.54, 1.807) is 14.2 Å². The Kier molecular flexibility index (Phi) is 10.1. The Hall–Kier alpha value is -2.91. The van der Waals surface area contributed by atoms with Gasteiger partial charge in [0, 0.05) is 26.7 Å². The number of hydrogen-bond donors (Lipinski definition) is 1. The van der Waals surface area contributed by atoms with Gasteiger partial charge in [0.05, 0.1) is 49.5 Å². The molecule has 0 fully saturated rings. The maximum atomic E-state index is 10.6. The molecular weight excluding hydrogens is 446 g/mol. The monoisotopic (exact) mass is 483 g/mol. The molecule has 3 aromatic rings. The summed E-state index contributed by atoms with van der Waals surface area (Å²) < 4.78 is 24.4. The van der Waals surface area contributed by atoms with Crippen LogP contribution in [0.3, 0.4) is 0 Å². The molecule has 0 amide bonds. The second-order valence-electron chi connectivity index (χ2n) is 8.66. The number of rotatable bonds is 14. The van der Waals surface area contributed by atoms with Crippen LogP contribution >= 0.6 is 0 Å². The number of benzene rings is 2. The molecule has 1 heterocycles. The number of aryl methyl sites for hydroxylation is 1. The van der Waals surface area contributed by atoms with E-state index in [4.69, 9.17) is 24.0 Å². The third kappa shape index (κ3) is 7.80. The van der Waals surface area contributed by atoms with Crippen LogP contribution in [0.25, 0.3) is 5.69 Å². The molecule has 0 aliphatic carbocycles. The van der Waals surface area contributed by atoms with E-state index in [9.17, 15) is 5.11 Å². The summed E-state index contributed by atoms with van der Waals surface area (Å²) in [6, 6.07) is 17.4. The Morgan fingerprint density at radius 2 is 1.69 bits per heavy atom. The van der Waals surface area contributed by atoms with Crippen molar-refractivity contribution >= 4 is 0 Å². The minimum atomic E-state index is -0.621. The topological polar surface area (TPSA) is 78.2 Å². The van der Waals surface area contributed by atoms with Crippen LogP contribution in [0.15, 0.2) is 54.6 Å². The predicted octanol–water partition coefficient (Wildman–Crippen LogP) is 4.22. The van der Waals surface area contributed by atoms with Crippen molar-refractivity contribution in [3.63, 3.8) is 0 Å². The van der Waals surface area contributed by atoms with Crippen LogP contribution in [-0.4, -0.2) is 72.5 Å². The second-order valence-corrected chi connectivity index (χ2v) is 8.66. The van der Waals surface area contributed by atoms with Crippen LogP contribution < -0.4 is 9.47 Å². The van der Waals surface area contributed by atoms with Gasteiger partial charge < -0.3 is 24.1 Å². The number of aliphatic hydroxyl groups is 1. The van der Waals surface area contributed by atoms with Gasteiger partial charge in [0.25, 0.3) is 0 Å². The van der Waals surface area contributed by atoms with Crippen molar-refractivity contribution < 1.29 is 24.1 Å². The summed E-state index contributed by atoms with van der Waals surface area (Å²) in [7, 11) is 3.31. The van der Waals surface area contributed by atoms with Crippen molar-refractivity contribution in [1.29, 1.82) is 0 Å². The van der Waals surface area contributed by atoms with Crippen molar-refractivity contribution in [3.05, 3.63) is 65.9 Å². The van der Waals surface area contributed by atoms with E-state index in [2.05, 4.69) is 4.90 Å². The fourth-order valence-electron chi connectivity index (χ4n) is 3.66. The van der Waals surface area contributed by atoms with Gasteiger partial charge >= 0.3 is 0 Å². The van der Waals surface area contributed by atoms with Crippen molar-refractivity contribution in [2.24, 2.45) is 0 Å². The molecule has 0 spiro atoms.